The Bertz CT molecular complexity index is 1000. The highest BCUT2D eigenvalue weighted by Gasteiger charge is 2.41. The van der Waals surface area contributed by atoms with Gasteiger partial charge in [0.25, 0.3) is 0 Å². The number of benzene rings is 1. The summed E-state index contributed by atoms with van der Waals surface area (Å²) in [5.41, 5.74) is 3.08. The second-order valence-electron chi connectivity index (χ2n) is 6.64. The van der Waals surface area contributed by atoms with E-state index in [0.717, 1.165) is 28.4 Å². The van der Waals surface area contributed by atoms with Crippen LogP contribution >= 0.6 is 12.2 Å². The fourth-order valence-electron chi connectivity index (χ4n) is 3.71. The molecule has 7 heteroatoms. The van der Waals surface area contributed by atoms with E-state index in [0.29, 0.717) is 5.11 Å². The molecule has 0 amide bonds. The van der Waals surface area contributed by atoms with Crippen LogP contribution in [0.4, 0.5) is 5.69 Å². The van der Waals surface area contributed by atoms with E-state index >= 15 is 0 Å². The van der Waals surface area contributed by atoms with E-state index in [1.165, 1.54) is 0 Å². The third-order valence-corrected chi connectivity index (χ3v) is 5.24. The Labute approximate surface area is 162 Å². The summed E-state index contributed by atoms with van der Waals surface area (Å²) in [5.74, 6) is 1.50. The lowest BCUT2D eigenvalue weighted by molar-refractivity contribution is 0.174. The number of aromatic nitrogens is 2. The summed E-state index contributed by atoms with van der Waals surface area (Å²) in [6.07, 6.45) is 5.98. The Kier molecular flexibility index (Phi) is 3.75. The lowest BCUT2D eigenvalue weighted by Crippen LogP contribution is -2.29. The molecule has 1 N–H and O–H groups in total. The van der Waals surface area contributed by atoms with E-state index in [4.69, 9.17) is 21.7 Å². The normalized spacial score (nSPS) is 20.8. The summed E-state index contributed by atoms with van der Waals surface area (Å²) in [7, 11) is 2.02. The smallest absolute Gasteiger partial charge is 0.231 e. The zero-order valence-corrected chi connectivity index (χ0v) is 15.5. The number of hydrogen-bond donors (Lipinski definition) is 1. The average molecular weight is 378 g/mol. The zero-order valence-electron chi connectivity index (χ0n) is 14.7. The highest BCUT2D eigenvalue weighted by Crippen LogP contribution is 2.44. The second kappa shape index (κ2) is 6.28. The summed E-state index contributed by atoms with van der Waals surface area (Å²) in [4.78, 5) is 6.69. The van der Waals surface area contributed by atoms with Crippen LogP contribution in [0.5, 0.6) is 11.5 Å². The molecule has 2 aliphatic heterocycles. The standard InChI is InChI=1S/C20H18N4O2S/c1-23-9-7-13(11-23)19-18(15-4-2-3-8-21-15)22-20(27)24(19)14-5-6-16-17(10-14)26-12-25-16/h2-11,18-19H,12H2,1H3,(H,22,27)/t18-,19-/m1/s1. The number of ether oxygens (including phenoxy) is 2. The van der Waals surface area contributed by atoms with Crippen LogP contribution in [0.3, 0.4) is 0 Å². The number of aryl methyl sites for hydroxylation is 1. The van der Waals surface area contributed by atoms with Crippen LogP contribution in [-0.4, -0.2) is 21.5 Å². The molecule has 0 spiro atoms. The summed E-state index contributed by atoms with van der Waals surface area (Å²) in [6.45, 7) is 0.250. The molecule has 2 atom stereocenters. The highest BCUT2D eigenvalue weighted by atomic mass is 32.1. The van der Waals surface area contributed by atoms with Crippen molar-refractivity contribution in [1.82, 2.24) is 14.9 Å². The number of hydrogen-bond acceptors (Lipinski definition) is 4. The molecule has 1 fully saturated rings. The molecule has 2 aliphatic rings. The molecular weight excluding hydrogens is 360 g/mol. The molecule has 0 unspecified atom stereocenters. The molecule has 3 aromatic rings. The van der Waals surface area contributed by atoms with Crippen molar-refractivity contribution in [3.8, 4) is 11.5 Å². The third-order valence-electron chi connectivity index (χ3n) is 4.93. The Balaban J connectivity index is 1.61. The molecule has 6 nitrogen and oxygen atoms in total. The number of thiocarbonyl (C=S) groups is 1. The lowest BCUT2D eigenvalue weighted by Gasteiger charge is -2.27. The predicted molar refractivity (Wildman–Crippen MR) is 106 cm³/mol. The Hall–Kier alpha value is -3.06. The first-order chi connectivity index (χ1) is 13.2. The molecule has 4 heterocycles. The van der Waals surface area contributed by atoms with E-state index in [9.17, 15) is 0 Å². The van der Waals surface area contributed by atoms with E-state index in [1.807, 2.05) is 60.4 Å². The first-order valence-electron chi connectivity index (χ1n) is 8.73. The highest BCUT2D eigenvalue weighted by molar-refractivity contribution is 7.80. The summed E-state index contributed by atoms with van der Waals surface area (Å²) >= 11 is 5.72. The van der Waals surface area contributed by atoms with Gasteiger partial charge in [-0.1, -0.05) is 6.07 Å². The summed E-state index contributed by atoms with van der Waals surface area (Å²) in [6, 6.07) is 13.9. The van der Waals surface area contributed by atoms with Crippen molar-refractivity contribution in [3.05, 3.63) is 72.3 Å². The van der Waals surface area contributed by atoms with Gasteiger partial charge in [-0.15, -0.1) is 0 Å². The predicted octanol–water partition coefficient (Wildman–Crippen LogP) is 3.33. The molecular formula is C20H18N4O2S. The fourth-order valence-corrected chi connectivity index (χ4v) is 4.05. The zero-order chi connectivity index (χ0) is 18.4. The number of nitrogens with zero attached hydrogens (tertiary/aromatic N) is 3. The minimum absolute atomic E-state index is 0.0195. The van der Waals surface area contributed by atoms with Crippen molar-refractivity contribution >= 4 is 23.0 Å². The number of fused-ring (bicyclic) bond motifs is 1. The van der Waals surface area contributed by atoms with Gasteiger partial charge in [0.05, 0.1) is 17.8 Å². The molecule has 0 aliphatic carbocycles. The summed E-state index contributed by atoms with van der Waals surface area (Å²) < 4.78 is 13.1. The topological polar surface area (TPSA) is 51.6 Å². The third kappa shape index (κ3) is 2.71. The Morgan fingerprint density at radius 1 is 1.15 bits per heavy atom. The van der Waals surface area contributed by atoms with Crippen molar-refractivity contribution in [2.75, 3.05) is 11.7 Å². The van der Waals surface area contributed by atoms with Crippen molar-refractivity contribution in [1.29, 1.82) is 0 Å². The van der Waals surface area contributed by atoms with Gasteiger partial charge in [0, 0.05) is 37.4 Å². The van der Waals surface area contributed by atoms with Crippen LogP contribution in [0.2, 0.25) is 0 Å². The lowest BCUT2D eigenvalue weighted by atomic mass is 9.98. The maximum atomic E-state index is 5.72. The van der Waals surface area contributed by atoms with Crippen LogP contribution in [-0.2, 0) is 7.05 Å². The molecule has 0 radical (unpaired) electrons. The monoisotopic (exact) mass is 378 g/mol. The number of anilines is 1. The van der Waals surface area contributed by atoms with Gasteiger partial charge in [0.1, 0.15) is 0 Å². The Morgan fingerprint density at radius 3 is 2.81 bits per heavy atom. The minimum Gasteiger partial charge on any atom is -0.454 e. The number of pyridine rings is 1. The van der Waals surface area contributed by atoms with E-state index in [2.05, 4.69) is 27.5 Å². The van der Waals surface area contributed by atoms with Gasteiger partial charge in [-0.2, -0.15) is 0 Å². The molecule has 136 valence electrons. The quantitative estimate of drug-likeness (QED) is 0.706. The molecule has 0 bridgehead atoms. The van der Waals surface area contributed by atoms with Crippen molar-refractivity contribution in [2.24, 2.45) is 7.05 Å². The molecule has 1 aromatic carbocycles. The van der Waals surface area contributed by atoms with Crippen molar-refractivity contribution in [2.45, 2.75) is 12.1 Å². The van der Waals surface area contributed by atoms with Crippen molar-refractivity contribution in [3.63, 3.8) is 0 Å². The fraction of sp³-hybridized carbons (Fsp3) is 0.200. The second-order valence-corrected chi connectivity index (χ2v) is 7.03. The molecule has 2 aromatic heterocycles. The first kappa shape index (κ1) is 16.1. The number of nitrogens with one attached hydrogen (secondary N) is 1. The Morgan fingerprint density at radius 2 is 2.04 bits per heavy atom. The van der Waals surface area contributed by atoms with Crippen LogP contribution in [0.25, 0.3) is 0 Å². The first-order valence-corrected chi connectivity index (χ1v) is 9.14. The van der Waals surface area contributed by atoms with Gasteiger partial charge in [-0.25, -0.2) is 0 Å². The van der Waals surface area contributed by atoms with Crippen LogP contribution in [0.1, 0.15) is 23.3 Å². The van der Waals surface area contributed by atoms with E-state index in [1.54, 1.807) is 0 Å². The summed E-state index contributed by atoms with van der Waals surface area (Å²) in [5, 5.41) is 4.12. The van der Waals surface area contributed by atoms with Gasteiger partial charge in [0.2, 0.25) is 6.79 Å². The largest absolute Gasteiger partial charge is 0.454 e. The maximum absolute atomic E-state index is 5.72. The molecule has 27 heavy (non-hydrogen) atoms. The van der Waals surface area contributed by atoms with E-state index < -0.39 is 0 Å². The van der Waals surface area contributed by atoms with E-state index in [-0.39, 0.29) is 18.9 Å². The van der Waals surface area contributed by atoms with Crippen LogP contribution in [0, 0.1) is 0 Å². The average Bonchev–Trinajstić information content (AvgIpc) is 3.39. The van der Waals surface area contributed by atoms with Crippen LogP contribution < -0.4 is 19.7 Å². The van der Waals surface area contributed by atoms with Gasteiger partial charge in [0.15, 0.2) is 16.6 Å². The van der Waals surface area contributed by atoms with Gasteiger partial charge in [-0.05, 0) is 48.1 Å². The van der Waals surface area contributed by atoms with Gasteiger partial charge < -0.3 is 24.3 Å². The van der Waals surface area contributed by atoms with Gasteiger partial charge >= 0.3 is 0 Å². The number of rotatable bonds is 3. The minimum atomic E-state index is -0.0495. The maximum Gasteiger partial charge on any atom is 0.231 e. The molecule has 1 saturated heterocycles. The van der Waals surface area contributed by atoms with Crippen LogP contribution in [0.15, 0.2) is 61.1 Å². The molecule has 5 rings (SSSR count). The van der Waals surface area contributed by atoms with Crippen molar-refractivity contribution < 1.29 is 9.47 Å². The SMILES string of the molecule is Cn1ccc([C@@H]2[C@@H](c3ccccn3)NC(=S)N2c2ccc3c(c2)OCO3)c1. The molecule has 0 saturated carbocycles. The van der Waals surface area contributed by atoms with Gasteiger partial charge in [-0.3, -0.25) is 4.98 Å².